The Hall–Kier alpha value is -0.330. The average Bonchev–Trinajstić information content (AvgIpc) is 2.75. The molecule has 6 heteroatoms. The molecule has 0 heterocycles. The number of hydrogen-bond acceptors (Lipinski definition) is 3. The van der Waals surface area contributed by atoms with Crippen molar-refractivity contribution in [1.82, 2.24) is 5.32 Å². The van der Waals surface area contributed by atoms with E-state index < -0.39 is 12.6 Å². The van der Waals surface area contributed by atoms with E-state index in [4.69, 9.17) is 4.74 Å². The Bertz CT molecular complexity index is 297. The first-order valence-corrected chi connectivity index (χ1v) is 7.82. The predicted octanol–water partition coefficient (Wildman–Crippen LogP) is 3.26. The zero-order chi connectivity index (χ0) is 15.9. The predicted molar refractivity (Wildman–Crippen MR) is 76.2 cm³/mol. The Balaban J connectivity index is 2.27. The maximum Gasteiger partial charge on any atom is 0.389 e. The fourth-order valence-electron chi connectivity index (χ4n) is 3.29. The Morgan fingerprint density at radius 3 is 2.62 bits per heavy atom. The van der Waals surface area contributed by atoms with Crippen molar-refractivity contribution >= 4 is 0 Å². The molecule has 2 unspecified atom stereocenters. The van der Waals surface area contributed by atoms with E-state index in [0.29, 0.717) is 18.6 Å². The molecule has 1 fully saturated rings. The minimum absolute atomic E-state index is 0.0174. The third kappa shape index (κ3) is 6.53. The lowest BCUT2D eigenvalue weighted by atomic mass is 9.85. The molecule has 0 aromatic heterocycles. The topological polar surface area (TPSA) is 41.5 Å². The molecule has 1 aliphatic carbocycles. The fraction of sp³-hybridized carbons (Fsp3) is 1.00. The fourth-order valence-corrected chi connectivity index (χ4v) is 3.29. The highest BCUT2D eigenvalue weighted by atomic mass is 19.4. The first-order valence-electron chi connectivity index (χ1n) is 7.82. The van der Waals surface area contributed by atoms with Crippen LogP contribution < -0.4 is 5.32 Å². The van der Waals surface area contributed by atoms with E-state index in [1.807, 2.05) is 0 Å². The van der Waals surface area contributed by atoms with Gasteiger partial charge in [0.2, 0.25) is 0 Å². The molecule has 1 rings (SSSR count). The van der Waals surface area contributed by atoms with Crippen molar-refractivity contribution in [3.8, 4) is 0 Å². The van der Waals surface area contributed by atoms with Crippen molar-refractivity contribution in [2.75, 3.05) is 19.8 Å². The van der Waals surface area contributed by atoms with Crippen LogP contribution in [0.2, 0.25) is 0 Å². The van der Waals surface area contributed by atoms with Gasteiger partial charge >= 0.3 is 6.18 Å². The van der Waals surface area contributed by atoms with E-state index in [2.05, 4.69) is 19.2 Å². The number of rotatable bonds is 9. The maximum atomic E-state index is 12.0. The van der Waals surface area contributed by atoms with E-state index >= 15 is 0 Å². The molecule has 126 valence electrons. The van der Waals surface area contributed by atoms with E-state index in [-0.39, 0.29) is 25.2 Å². The summed E-state index contributed by atoms with van der Waals surface area (Å²) in [5.74, 6) is 0.326. The molecular formula is C15H28F3NO2. The van der Waals surface area contributed by atoms with Gasteiger partial charge in [-0.05, 0) is 31.6 Å². The molecule has 1 aliphatic rings. The molecule has 0 amide bonds. The maximum absolute atomic E-state index is 12.0. The third-order valence-electron chi connectivity index (χ3n) is 4.17. The molecule has 3 nitrogen and oxygen atoms in total. The molecule has 0 radical (unpaired) electrons. The summed E-state index contributed by atoms with van der Waals surface area (Å²) in [6.07, 6.45) is -1.03. The second-order valence-electron chi connectivity index (χ2n) is 6.32. The highest BCUT2D eigenvalue weighted by Crippen LogP contribution is 2.38. The number of hydrogen-bond donors (Lipinski definition) is 2. The normalized spacial score (nSPS) is 26.7. The first-order chi connectivity index (χ1) is 9.79. The Morgan fingerprint density at radius 1 is 1.33 bits per heavy atom. The van der Waals surface area contributed by atoms with Crippen molar-refractivity contribution in [3.63, 3.8) is 0 Å². The van der Waals surface area contributed by atoms with Crippen LogP contribution in [0.15, 0.2) is 0 Å². The lowest BCUT2D eigenvalue weighted by molar-refractivity contribution is -0.138. The van der Waals surface area contributed by atoms with Gasteiger partial charge in [0.1, 0.15) is 0 Å². The van der Waals surface area contributed by atoms with Crippen LogP contribution in [0.4, 0.5) is 13.2 Å². The molecule has 0 aliphatic heterocycles. The van der Waals surface area contributed by atoms with Crippen molar-refractivity contribution in [2.24, 2.45) is 5.92 Å². The smallest absolute Gasteiger partial charge is 0.389 e. The third-order valence-corrected chi connectivity index (χ3v) is 4.17. The molecule has 0 aromatic carbocycles. The first kappa shape index (κ1) is 18.7. The van der Waals surface area contributed by atoms with Crippen LogP contribution in [0.25, 0.3) is 0 Å². The Kier molecular flexibility index (Phi) is 7.44. The zero-order valence-electron chi connectivity index (χ0n) is 13.0. The summed E-state index contributed by atoms with van der Waals surface area (Å²) < 4.78 is 41.3. The van der Waals surface area contributed by atoms with Crippen molar-refractivity contribution in [2.45, 2.75) is 70.1 Å². The monoisotopic (exact) mass is 311 g/mol. The second-order valence-corrected chi connectivity index (χ2v) is 6.32. The summed E-state index contributed by atoms with van der Waals surface area (Å²) in [7, 11) is 0. The van der Waals surface area contributed by atoms with Crippen LogP contribution in [0.5, 0.6) is 0 Å². The average molecular weight is 311 g/mol. The van der Waals surface area contributed by atoms with Crippen LogP contribution in [0, 0.1) is 5.92 Å². The molecule has 0 spiro atoms. The van der Waals surface area contributed by atoms with Gasteiger partial charge in [0.05, 0.1) is 6.61 Å². The van der Waals surface area contributed by atoms with E-state index in [1.165, 1.54) is 0 Å². The van der Waals surface area contributed by atoms with Gasteiger partial charge in [-0.3, -0.25) is 0 Å². The summed E-state index contributed by atoms with van der Waals surface area (Å²) in [6.45, 7) is 4.82. The number of aliphatic hydroxyl groups excluding tert-OH is 1. The van der Waals surface area contributed by atoms with Crippen LogP contribution in [0.3, 0.4) is 0 Å². The molecule has 2 N–H and O–H groups in total. The molecule has 0 aromatic rings. The summed E-state index contributed by atoms with van der Waals surface area (Å²) in [6, 6.07) is 0.297. The summed E-state index contributed by atoms with van der Waals surface area (Å²) in [4.78, 5) is 0. The number of ether oxygens (including phenoxy) is 1. The van der Waals surface area contributed by atoms with Gasteiger partial charge in [-0.1, -0.05) is 20.3 Å². The Labute approximate surface area is 125 Å². The highest BCUT2D eigenvalue weighted by molar-refractivity contribution is 4.99. The van der Waals surface area contributed by atoms with E-state index in [1.54, 1.807) is 0 Å². The number of nitrogens with one attached hydrogen (secondary N) is 1. The van der Waals surface area contributed by atoms with Crippen LogP contribution in [-0.2, 0) is 4.74 Å². The largest absolute Gasteiger partial charge is 0.394 e. The SMILES string of the molecule is CC(C)NC1(CO)CCCC1CCOCCCC(F)(F)F. The summed E-state index contributed by atoms with van der Waals surface area (Å²) in [5.41, 5.74) is -0.247. The number of aliphatic hydroxyl groups is 1. The molecular weight excluding hydrogens is 283 g/mol. The molecule has 1 saturated carbocycles. The Morgan fingerprint density at radius 2 is 2.05 bits per heavy atom. The van der Waals surface area contributed by atoms with Gasteiger partial charge in [0.25, 0.3) is 0 Å². The molecule has 2 atom stereocenters. The number of halogens is 3. The summed E-state index contributed by atoms with van der Waals surface area (Å²) in [5, 5.41) is 13.2. The standard InChI is InChI=1S/C15H28F3NO2/c1-12(2)19-14(11-20)7-3-5-13(14)6-10-21-9-4-8-15(16,17)18/h12-13,19-20H,3-11H2,1-2H3. The van der Waals surface area contributed by atoms with Gasteiger partial charge in [-0.25, -0.2) is 0 Å². The van der Waals surface area contributed by atoms with Crippen LogP contribution in [0.1, 0.15) is 52.4 Å². The molecule has 0 saturated heterocycles. The van der Waals surface area contributed by atoms with Gasteiger partial charge in [0.15, 0.2) is 0 Å². The van der Waals surface area contributed by atoms with Crippen molar-refractivity contribution < 1.29 is 23.0 Å². The lowest BCUT2D eigenvalue weighted by Gasteiger charge is -2.37. The van der Waals surface area contributed by atoms with E-state index in [0.717, 1.165) is 25.7 Å². The van der Waals surface area contributed by atoms with Gasteiger partial charge in [-0.15, -0.1) is 0 Å². The molecule has 21 heavy (non-hydrogen) atoms. The van der Waals surface area contributed by atoms with Gasteiger partial charge < -0.3 is 15.2 Å². The van der Waals surface area contributed by atoms with E-state index in [9.17, 15) is 18.3 Å². The van der Waals surface area contributed by atoms with Crippen molar-refractivity contribution in [3.05, 3.63) is 0 Å². The minimum atomic E-state index is -4.10. The quantitative estimate of drug-likeness (QED) is 0.642. The second kappa shape index (κ2) is 8.34. The van der Waals surface area contributed by atoms with Crippen LogP contribution in [-0.4, -0.2) is 42.7 Å². The molecule has 0 bridgehead atoms. The zero-order valence-corrected chi connectivity index (χ0v) is 13.0. The van der Waals surface area contributed by atoms with Gasteiger partial charge in [0, 0.05) is 31.2 Å². The highest BCUT2D eigenvalue weighted by Gasteiger charge is 2.42. The van der Waals surface area contributed by atoms with Crippen LogP contribution >= 0.6 is 0 Å². The van der Waals surface area contributed by atoms with Gasteiger partial charge in [-0.2, -0.15) is 13.2 Å². The lowest BCUT2D eigenvalue weighted by Crippen LogP contribution is -2.54. The minimum Gasteiger partial charge on any atom is -0.394 e. The number of alkyl halides is 3. The summed E-state index contributed by atoms with van der Waals surface area (Å²) >= 11 is 0. The van der Waals surface area contributed by atoms with Crippen molar-refractivity contribution in [1.29, 1.82) is 0 Å².